The zero-order valence-electron chi connectivity index (χ0n) is 9.86. The molecule has 0 heterocycles. The Hall–Kier alpha value is -1.65. The van der Waals surface area contributed by atoms with Gasteiger partial charge in [-0.05, 0) is 12.1 Å². The first-order valence-electron chi connectivity index (χ1n) is 5.56. The van der Waals surface area contributed by atoms with Gasteiger partial charge in [0.05, 0.1) is 4.90 Å². The molecule has 19 heavy (non-hydrogen) atoms. The van der Waals surface area contributed by atoms with Gasteiger partial charge in [-0.1, -0.05) is 60.1 Å². The summed E-state index contributed by atoms with van der Waals surface area (Å²) in [6.07, 6.45) is 0. The Kier molecular flexibility index (Phi) is 4.02. The molecule has 0 saturated heterocycles. The fraction of sp³-hybridized carbons (Fsp3) is 0.0714. The van der Waals surface area contributed by atoms with Gasteiger partial charge >= 0.3 is 0 Å². The zero-order chi connectivity index (χ0) is 13.9. The third kappa shape index (κ3) is 2.85. The maximum Gasteiger partial charge on any atom is 0.202 e. The number of halogens is 1. The second-order valence-corrected chi connectivity index (χ2v) is 6.63. The van der Waals surface area contributed by atoms with E-state index in [1.165, 1.54) is 24.3 Å². The monoisotopic (exact) mass is 294 g/mol. The Morgan fingerprint density at radius 1 is 0.895 bits per heavy atom. The normalized spacial score (nSPS) is 12.9. The fourth-order valence-corrected chi connectivity index (χ4v) is 3.23. The summed E-state index contributed by atoms with van der Waals surface area (Å²) in [6, 6.07) is 15.8. The first-order chi connectivity index (χ1) is 9.03. The number of sulfone groups is 1. The van der Waals surface area contributed by atoms with Crippen LogP contribution in [-0.4, -0.2) is 18.9 Å². The molecule has 0 aliphatic rings. The number of carbonyl (C=O) groups excluding carboxylic acids is 1. The number of rotatable bonds is 4. The molecule has 0 bridgehead atoms. The minimum Gasteiger partial charge on any atom is -0.291 e. The Morgan fingerprint density at radius 2 is 1.37 bits per heavy atom. The van der Waals surface area contributed by atoms with E-state index in [9.17, 15) is 13.2 Å². The quantitative estimate of drug-likeness (QED) is 0.643. The van der Waals surface area contributed by atoms with Crippen LogP contribution in [0.4, 0.5) is 0 Å². The molecule has 2 rings (SSSR count). The van der Waals surface area contributed by atoms with E-state index >= 15 is 0 Å². The van der Waals surface area contributed by atoms with E-state index in [2.05, 4.69) is 0 Å². The summed E-state index contributed by atoms with van der Waals surface area (Å²) in [5.74, 6) is -0.619. The third-order valence-corrected chi connectivity index (χ3v) is 5.20. The highest BCUT2D eigenvalue weighted by Gasteiger charge is 2.32. The topological polar surface area (TPSA) is 51.2 Å². The number of ketones is 1. The van der Waals surface area contributed by atoms with Crippen molar-refractivity contribution >= 4 is 27.2 Å². The van der Waals surface area contributed by atoms with Crippen molar-refractivity contribution in [2.45, 2.75) is 9.60 Å². The van der Waals surface area contributed by atoms with Crippen molar-refractivity contribution in [1.29, 1.82) is 0 Å². The van der Waals surface area contributed by atoms with Crippen molar-refractivity contribution in [1.82, 2.24) is 0 Å². The first kappa shape index (κ1) is 13.8. The number of hydrogen-bond acceptors (Lipinski definition) is 3. The van der Waals surface area contributed by atoms with Gasteiger partial charge in [0.2, 0.25) is 14.5 Å². The van der Waals surface area contributed by atoms with E-state index in [0.717, 1.165) is 0 Å². The van der Waals surface area contributed by atoms with E-state index in [1.54, 1.807) is 36.4 Å². The molecule has 0 amide bonds. The summed E-state index contributed by atoms with van der Waals surface area (Å²) < 4.78 is 22.8. The highest BCUT2D eigenvalue weighted by molar-refractivity contribution is 7.94. The van der Waals surface area contributed by atoms with Gasteiger partial charge in [-0.2, -0.15) is 0 Å². The molecule has 0 aromatic heterocycles. The van der Waals surface area contributed by atoms with E-state index in [4.69, 9.17) is 11.6 Å². The molecule has 0 spiro atoms. The van der Waals surface area contributed by atoms with Crippen molar-refractivity contribution in [2.75, 3.05) is 0 Å². The highest BCUT2D eigenvalue weighted by Crippen LogP contribution is 2.22. The van der Waals surface area contributed by atoms with Crippen LogP contribution in [0.15, 0.2) is 65.6 Å². The third-order valence-electron chi connectivity index (χ3n) is 2.61. The molecular weight excluding hydrogens is 284 g/mol. The van der Waals surface area contributed by atoms with E-state index in [-0.39, 0.29) is 10.5 Å². The second kappa shape index (κ2) is 5.55. The van der Waals surface area contributed by atoms with Gasteiger partial charge in [0.15, 0.2) is 5.78 Å². The summed E-state index contributed by atoms with van der Waals surface area (Å²) in [7, 11) is -3.87. The van der Waals surface area contributed by atoms with Crippen LogP contribution in [0, 0.1) is 0 Å². The minimum atomic E-state index is -3.87. The highest BCUT2D eigenvalue weighted by atomic mass is 35.5. The Labute approximate surface area is 116 Å². The average Bonchev–Trinajstić information content (AvgIpc) is 2.47. The van der Waals surface area contributed by atoms with Crippen LogP contribution in [0.3, 0.4) is 0 Å². The van der Waals surface area contributed by atoms with E-state index < -0.39 is 20.3 Å². The lowest BCUT2D eigenvalue weighted by molar-refractivity contribution is 0.101. The number of benzene rings is 2. The largest absolute Gasteiger partial charge is 0.291 e. The van der Waals surface area contributed by atoms with Gasteiger partial charge in [-0.3, -0.25) is 4.79 Å². The molecule has 2 aromatic carbocycles. The fourth-order valence-electron chi connectivity index (χ4n) is 1.60. The van der Waals surface area contributed by atoms with E-state index in [0.29, 0.717) is 0 Å². The number of carbonyl (C=O) groups is 1. The molecule has 0 saturated carbocycles. The number of alkyl halides is 1. The van der Waals surface area contributed by atoms with E-state index in [1.807, 2.05) is 0 Å². The van der Waals surface area contributed by atoms with Crippen LogP contribution in [0.1, 0.15) is 10.4 Å². The smallest absolute Gasteiger partial charge is 0.202 e. The number of Topliss-reactive ketones (excluding diaryl/α,β-unsaturated/α-hetero) is 1. The molecule has 3 nitrogen and oxygen atoms in total. The summed E-state index contributed by atoms with van der Waals surface area (Å²) in [4.78, 5) is 12.1. The van der Waals surface area contributed by atoms with Gasteiger partial charge in [-0.25, -0.2) is 8.42 Å². The van der Waals surface area contributed by atoms with Crippen molar-refractivity contribution in [3.63, 3.8) is 0 Å². The maximum atomic E-state index is 12.2. The van der Waals surface area contributed by atoms with Crippen molar-refractivity contribution in [3.8, 4) is 0 Å². The summed E-state index contributed by atoms with van der Waals surface area (Å²) in [5.41, 5.74) is 0.280. The zero-order valence-corrected chi connectivity index (χ0v) is 11.4. The standard InChI is InChI=1S/C14H11ClO3S/c15-14(13(16)11-7-3-1-4-8-11)19(17,18)12-9-5-2-6-10-12/h1-10,14H. The molecule has 98 valence electrons. The lowest BCUT2D eigenvalue weighted by Gasteiger charge is -2.10. The predicted octanol–water partition coefficient (Wildman–Crippen LogP) is 2.91. The predicted molar refractivity (Wildman–Crippen MR) is 74.0 cm³/mol. The Morgan fingerprint density at radius 3 is 1.89 bits per heavy atom. The first-order valence-corrected chi connectivity index (χ1v) is 7.54. The SMILES string of the molecule is O=C(c1ccccc1)C(Cl)S(=O)(=O)c1ccccc1. The molecule has 2 aromatic rings. The second-order valence-electron chi connectivity index (χ2n) is 3.90. The van der Waals surface area contributed by atoms with Crippen LogP contribution in [0.25, 0.3) is 0 Å². The molecule has 5 heteroatoms. The van der Waals surface area contributed by atoms with Gasteiger partial charge in [0.1, 0.15) is 0 Å². The van der Waals surface area contributed by atoms with Gasteiger partial charge < -0.3 is 0 Å². The minimum absolute atomic E-state index is 0.0410. The summed E-state index contributed by atoms with van der Waals surface area (Å²) in [5, 5.41) is 0. The summed E-state index contributed by atoms with van der Waals surface area (Å²) >= 11 is 5.85. The van der Waals surface area contributed by atoms with Gasteiger partial charge in [0.25, 0.3) is 0 Å². The lowest BCUT2D eigenvalue weighted by atomic mass is 10.1. The molecule has 0 N–H and O–H groups in total. The van der Waals surface area contributed by atoms with Crippen LogP contribution < -0.4 is 0 Å². The van der Waals surface area contributed by atoms with Gasteiger partial charge in [0, 0.05) is 5.56 Å². The lowest BCUT2D eigenvalue weighted by Crippen LogP contribution is -2.25. The van der Waals surface area contributed by atoms with Crippen LogP contribution in [-0.2, 0) is 9.84 Å². The van der Waals surface area contributed by atoms with Crippen LogP contribution in [0.5, 0.6) is 0 Å². The Balaban J connectivity index is 2.35. The number of hydrogen-bond donors (Lipinski definition) is 0. The van der Waals surface area contributed by atoms with Crippen molar-refractivity contribution in [2.24, 2.45) is 0 Å². The van der Waals surface area contributed by atoms with Crippen molar-refractivity contribution in [3.05, 3.63) is 66.2 Å². The molecule has 1 atom stereocenters. The molecule has 1 unspecified atom stereocenters. The van der Waals surface area contributed by atoms with Crippen LogP contribution >= 0.6 is 11.6 Å². The Bertz CT molecular complexity index is 666. The molecule has 0 fully saturated rings. The van der Waals surface area contributed by atoms with Gasteiger partial charge in [-0.15, -0.1) is 0 Å². The molecule has 0 aliphatic carbocycles. The summed E-state index contributed by atoms with van der Waals surface area (Å²) in [6.45, 7) is 0. The van der Waals surface area contributed by atoms with Crippen molar-refractivity contribution < 1.29 is 13.2 Å². The molecule has 0 aliphatic heterocycles. The molecular formula is C14H11ClO3S. The maximum absolute atomic E-state index is 12.2. The average molecular weight is 295 g/mol. The molecule has 0 radical (unpaired) electrons. The van der Waals surface area contributed by atoms with Crippen LogP contribution in [0.2, 0.25) is 0 Å².